The summed E-state index contributed by atoms with van der Waals surface area (Å²) in [5, 5.41) is 3.31. The number of benzene rings is 2. The van der Waals surface area contributed by atoms with E-state index in [1.165, 1.54) is 14.2 Å². The third-order valence-electron chi connectivity index (χ3n) is 6.02. The van der Waals surface area contributed by atoms with Gasteiger partial charge in [-0.25, -0.2) is 4.68 Å². The first-order chi connectivity index (χ1) is 15.5. The third-order valence-corrected chi connectivity index (χ3v) is 6.02. The summed E-state index contributed by atoms with van der Waals surface area (Å²) in [7, 11) is 4.35. The van der Waals surface area contributed by atoms with Crippen LogP contribution in [0.15, 0.2) is 65.5 Å². The Kier molecular flexibility index (Phi) is 5.85. The maximum absolute atomic E-state index is 13.7. The Hall–Kier alpha value is -3.81. The normalized spacial score (nSPS) is 19.7. The molecule has 2 aromatic carbocycles. The maximum atomic E-state index is 13.7. The van der Waals surface area contributed by atoms with Gasteiger partial charge in [0.2, 0.25) is 0 Å². The van der Waals surface area contributed by atoms with Crippen LogP contribution in [0.2, 0.25) is 0 Å². The summed E-state index contributed by atoms with van der Waals surface area (Å²) in [6.07, 6.45) is 0.181. The highest BCUT2D eigenvalue weighted by Crippen LogP contribution is 2.40. The molecule has 0 amide bonds. The highest BCUT2D eigenvalue weighted by Gasteiger charge is 2.49. The summed E-state index contributed by atoms with van der Waals surface area (Å²) in [4.78, 5) is 39.3. The lowest BCUT2D eigenvalue weighted by Gasteiger charge is -2.35. The molecule has 0 bridgehead atoms. The molecule has 8 heteroatoms. The van der Waals surface area contributed by atoms with Crippen molar-refractivity contribution in [2.75, 3.05) is 19.5 Å². The lowest BCUT2D eigenvalue weighted by molar-refractivity contribution is -0.159. The van der Waals surface area contributed by atoms with E-state index in [2.05, 4.69) is 5.32 Å². The number of para-hydroxylation sites is 2. The molecule has 166 valence electrons. The fourth-order valence-corrected chi connectivity index (χ4v) is 4.52. The smallest absolute Gasteiger partial charge is 0.312 e. The van der Waals surface area contributed by atoms with Crippen molar-refractivity contribution in [3.05, 3.63) is 82.3 Å². The topological polar surface area (TPSA) is 91.6 Å². The van der Waals surface area contributed by atoms with Crippen LogP contribution in [0, 0.1) is 11.8 Å². The van der Waals surface area contributed by atoms with Gasteiger partial charge in [0.1, 0.15) is 0 Å². The number of aromatic nitrogens is 2. The lowest BCUT2D eigenvalue weighted by Crippen LogP contribution is -2.44. The van der Waals surface area contributed by atoms with Crippen LogP contribution in [0.25, 0.3) is 5.69 Å². The molecule has 1 N–H and O–H groups in total. The second-order valence-electron chi connectivity index (χ2n) is 7.71. The number of rotatable bonds is 5. The zero-order chi connectivity index (χ0) is 22.8. The first kappa shape index (κ1) is 21.4. The molecule has 1 aromatic heterocycles. The summed E-state index contributed by atoms with van der Waals surface area (Å²) in [5.74, 6) is -2.84. The Morgan fingerprint density at radius 2 is 1.53 bits per heavy atom. The minimum absolute atomic E-state index is 0.181. The van der Waals surface area contributed by atoms with Gasteiger partial charge in [0.25, 0.3) is 5.56 Å². The summed E-state index contributed by atoms with van der Waals surface area (Å²) in [6, 6.07) is 17.7. The van der Waals surface area contributed by atoms with Gasteiger partial charge in [-0.05, 0) is 24.3 Å². The number of nitrogens with zero attached hydrogens (tertiary/aromatic N) is 2. The molecule has 32 heavy (non-hydrogen) atoms. The number of hydrogen-bond donors (Lipinski definition) is 1. The van der Waals surface area contributed by atoms with E-state index in [4.69, 9.17) is 9.47 Å². The van der Waals surface area contributed by atoms with E-state index in [9.17, 15) is 14.4 Å². The van der Waals surface area contributed by atoms with Gasteiger partial charge in [0, 0.05) is 24.8 Å². The first-order valence-electron chi connectivity index (χ1n) is 10.3. The Labute approximate surface area is 185 Å². The fourth-order valence-electron chi connectivity index (χ4n) is 4.52. The van der Waals surface area contributed by atoms with E-state index in [1.807, 2.05) is 60.7 Å². The van der Waals surface area contributed by atoms with Crippen LogP contribution >= 0.6 is 0 Å². The average Bonchev–Trinajstić information content (AvgIpc) is 3.08. The lowest BCUT2D eigenvalue weighted by atomic mass is 9.74. The average molecular weight is 435 g/mol. The van der Waals surface area contributed by atoms with Crippen LogP contribution in [0.4, 0.5) is 5.69 Å². The number of ether oxygens (including phenoxy) is 2. The summed E-state index contributed by atoms with van der Waals surface area (Å²) < 4.78 is 13.4. The van der Waals surface area contributed by atoms with Crippen molar-refractivity contribution in [3.63, 3.8) is 0 Å². The first-order valence-corrected chi connectivity index (χ1v) is 10.3. The second-order valence-corrected chi connectivity index (χ2v) is 7.71. The number of esters is 2. The molecular formula is C24H25N3O5. The Morgan fingerprint density at radius 3 is 2.12 bits per heavy atom. The predicted molar refractivity (Wildman–Crippen MR) is 119 cm³/mol. The zero-order valence-electron chi connectivity index (χ0n) is 18.1. The molecule has 0 aliphatic heterocycles. The van der Waals surface area contributed by atoms with E-state index < -0.39 is 29.8 Å². The molecule has 0 spiro atoms. The molecule has 0 unspecified atom stereocenters. The number of carbonyl (C=O) groups excluding carboxylic acids is 2. The van der Waals surface area contributed by atoms with Crippen molar-refractivity contribution in [2.24, 2.45) is 18.9 Å². The summed E-state index contributed by atoms with van der Waals surface area (Å²) >= 11 is 0. The highest BCUT2D eigenvalue weighted by molar-refractivity contribution is 5.84. The molecule has 0 saturated carbocycles. The van der Waals surface area contributed by atoms with Gasteiger partial charge in [-0.1, -0.05) is 36.4 Å². The summed E-state index contributed by atoms with van der Waals surface area (Å²) in [5.41, 5.74) is 2.27. The minimum Gasteiger partial charge on any atom is -0.469 e. The predicted octanol–water partition coefficient (Wildman–Crippen LogP) is 2.46. The molecule has 4 rings (SSSR count). The quantitative estimate of drug-likeness (QED) is 0.619. The largest absolute Gasteiger partial charge is 0.469 e. The van der Waals surface area contributed by atoms with Crippen LogP contribution in [0.3, 0.4) is 0 Å². The Bertz CT molecular complexity index is 1180. The summed E-state index contributed by atoms with van der Waals surface area (Å²) in [6.45, 7) is 0. The maximum Gasteiger partial charge on any atom is 0.312 e. The molecule has 0 fully saturated rings. The minimum atomic E-state index is -0.931. The van der Waals surface area contributed by atoms with E-state index >= 15 is 0 Å². The SMILES string of the molecule is COC(=O)[C@@H]1[C@H](Nc2ccccc2)c2c(n(C)n(-c3ccccc3)c2=O)C[C@H]1C(=O)OC. The van der Waals surface area contributed by atoms with Gasteiger partial charge in [-0.15, -0.1) is 0 Å². The van der Waals surface area contributed by atoms with E-state index in [1.54, 1.807) is 16.4 Å². The molecule has 8 nitrogen and oxygen atoms in total. The van der Waals surface area contributed by atoms with Crippen molar-refractivity contribution >= 4 is 17.6 Å². The van der Waals surface area contributed by atoms with E-state index in [0.29, 0.717) is 16.9 Å². The van der Waals surface area contributed by atoms with Crippen LogP contribution in [0.1, 0.15) is 17.3 Å². The van der Waals surface area contributed by atoms with Crippen molar-refractivity contribution in [3.8, 4) is 5.69 Å². The fraction of sp³-hybridized carbons (Fsp3) is 0.292. The molecule has 1 aliphatic rings. The molecular weight excluding hydrogens is 410 g/mol. The molecule has 3 atom stereocenters. The molecule has 1 aliphatic carbocycles. The second kappa shape index (κ2) is 8.74. The van der Waals surface area contributed by atoms with Gasteiger partial charge in [0.15, 0.2) is 0 Å². The van der Waals surface area contributed by atoms with Crippen molar-refractivity contribution in [1.29, 1.82) is 0 Å². The van der Waals surface area contributed by atoms with Crippen LogP contribution in [0.5, 0.6) is 0 Å². The van der Waals surface area contributed by atoms with Gasteiger partial charge in [0.05, 0.1) is 43.3 Å². The van der Waals surface area contributed by atoms with E-state index in [-0.39, 0.29) is 12.0 Å². The zero-order valence-corrected chi connectivity index (χ0v) is 18.1. The molecule has 0 saturated heterocycles. The Balaban J connectivity index is 1.95. The van der Waals surface area contributed by atoms with Crippen LogP contribution in [-0.4, -0.2) is 35.5 Å². The number of nitrogens with one attached hydrogen (secondary N) is 1. The monoisotopic (exact) mass is 435 g/mol. The molecule has 1 heterocycles. The van der Waals surface area contributed by atoms with Crippen molar-refractivity contribution < 1.29 is 19.1 Å². The number of fused-ring (bicyclic) bond motifs is 1. The van der Waals surface area contributed by atoms with Crippen LogP contribution in [-0.2, 0) is 32.5 Å². The van der Waals surface area contributed by atoms with Gasteiger partial charge >= 0.3 is 11.9 Å². The third kappa shape index (κ3) is 3.57. The van der Waals surface area contributed by atoms with E-state index in [0.717, 1.165) is 5.69 Å². The Morgan fingerprint density at radius 1 is 0.938 bits per heavy atom. The number of methoxy groups -OCH3 is 2. The standard InChI is InChI=1S/C24H25N3O5/c1-26-18-14-17(23(29)31-2)19(24(30)32-3)21(25-15-10-6-4-7-11-15)20(18)22(28)27(26)16-12-8-5-9-13-16/h4-13,17,19,21,25H,14H2,1-3H3/t17-,19+,21+/m1/s1. The van der Waals surface area contributed by atoms with Crippen LogP contribution < -0.4 is 10.9 Å². The highest BCUT2D eigenvalue weighted by atomic mass is 16.5. The molecule has 0 radical (unpaired) electrons. The number of carbonyl (C=O) groups is 2. The van der Waals surface area contributed by atoms with Crippen molar-refractivity contribution in [2.45, 2.75) is 12.5 Å². The van der Waals surface area contributed by atoms with Crippen molar-refractivity contribution in [1.82, 2.24) is 9.36 Å². The van der Waals surface area contributed by atoms with Gasteiger partial charge < -0.3 is 14.8 Å². The molecule has 3 aromatic rings. The number of hydrogen-bond acceptors (Lipinski definition) is 6. The number of anilines is 1. The van der Waals surface area contributed by atoms with Gasteiger partial charge in [-0.3, -0.25) is 19.1 Å². The van der Waals surface area contributed by atoms with Gasteiger partial charge in [-0.2, -0.15) is 0 Å².